The van der Waals surface area contributed by atoms with E-state index < -0.39 is 11.8 Å². The number of carbonyl (C=O) groups is 3. The fourth-order valence-electron chi connectivity index (χ4n) is 3.23. The number of carbonyl (C=O) groups excluding carboxylic acids is 3. The molecular weight excluding hydrogens is 492 g/mol. The van der Waals surface area contributed by atoms with Crippen molar-refractivity contribution >= 4 is 46.8 Å². The quantitative estimate of drug-likeness (QED) is 0.214. The van der Waals surface area contributed by atoms with Crippen molar-refractivity contribution in [3.63, 3.8) is 0 Å². The predicted octanol–water partition coefficient (Wildman–Crippen LogP) is 3.61. The third-order valence-electron chi connectivity index (χ3n) is 5.16. The summed E-state index contributed by atoms with van der Waals surface area (Å²) in [4.78, 5) is 37.0. The highest BCUT2D eigenvalue weighted by molar-refractivity contribution is 7.80. The van der Waals surface area contributed by atoms with Gasteiger partial charge in [-0.25, -0.2) is 0 Å². The number of hydrogen-bond donors (Lipinski definition) is 4. The Morgan fingerprint density at radius 3 is 2.22 bits per heavy atom. The van der Waals surface area contributed by atoms with Gasteiger partial charge in [0.2, 0.25) is 5.91 Å². The summed E-state index contributed by atoms with van der Waals surface area (Å²) in [6.45, 7) is 1.86. The average Bonchev–Trinajstić information content (AvgIpc) is 2.91. The standard InChI is InChI=1S/C27H26N4O5S/c1-17-6-4-5-7-21(17)26(34)28-20-12-10-19(11-13-20)25(33)30-31-27(37)29-24(32)15-9-18-8-14-22(35-2)23(16-18)36-3/h4-16H,1-3H3,(H,28,34)(H,30,33)(H2,29,31,32,37). The van der Waals surface area contributed by atoms with Gasteiger partial charge in [-0.3, -0.25) is 30.6 Å². The Labute approximate surface area is 219 Å². The Hall–Kier alpha value is -4.70. The number of hydrogen-bond acceptors (Lipinski definition) is 6. The molecule has 0 saturated heterocycles. The molecule has 3 amide bonds. The van der Waals surface area contributed by atoms with Gasteiger partial charge in [-0.1, -0.05) is 24.3 Å². The monoisotopic (exact) mass is 518 g/mol. The Kier molecular flexibility index (Phi) is 9.34. The Morgan fingerprint density at radius 1 is 0.838 bits per heavy atom. The van der Waals surface area contributed by atoms with Crippen LogP contribution in [0.4, 0.5) is 5.69 Å². The zero-order valence-electron chi connectivity index (χ0n) is 20.5. The Balaban J connectivity index is 1.47. The van der Waals surface area contributed by atoms with Crippen molar-refractivity contribution in [2.24, 2.45) is 0 Å². The molecule has 0 atom stereocenters. The smallest absolute Gasteiger partial charge is 0.269 e. The molecule has 10 heteroatoms. The molecule has 0 aliphatic heterocycles. The number of methoxy groups -OCH3 is 2. The van der Waals surface area contributed by atoms with Crippen LogP contribution in [0.15, 0.2) is 72.8 Å². The number of rotatable bonds is 7. The summed E-state index contributed by atoms with van der Waals surface area (Å²) in [6, 6.07) is 18.8. The zero-order valence-corrected chi connectivity index (χ0v) is 21.3. The minimum atomic E-state index is -0.490. The first-order valence-corrected chi connectivity index (χ1v) is 11.5. The lowest BCUT2D eigenvalue weighted by Crippen LogP contribution is -2.48. The van der Waals surface area contributed by atoms with Crippen molar-refractivity contribution < 1.29 is 23.9 Å². The van der Waals surface area contributed by atoms with Crippen molar-refractivity contribution in [1.29, 1.82) is 0 Å². The number of nitrogens with one attached hydrogen (secondary N) is 4. The van der Waals surface area contributed by atoms with Crippen LogP contribution in [0.1, 0.15) is 31.8 Å². The van der Waals surface area contributed by atoms with Gasteiger partial charge in [-0.2, -0.15) is 0 Å². The van der Waals surface area contributed by atoms with Gasteiger partial charge in [-0.05, 0) is 78.8 Å². The third-order valence-corrected chi connectivity index (χ3v) is 5.36. The summed E-state index contributed by atoms with van der Waals surface area (Å²) in [5.74, 6) is -0.0960. The van der Waals surface area contributed by atoms with E-state index in [0.717, 1.165) is 11.1 Å². The molecule has 3 rings (SSSR count). The molecule has 0 spiro atoms. The Morgan fingerprint density at radius 2 is 1.54 bits per heavy atom. The topological polar surface area (TPSA) is 118 Å². The molecule has 37 heavy (non-hydrogen) atoms. The van der Waals surface area contributed by atoms with Gasteiger partial charge in [0.25, 0.3) is 11.8 Å². The number of hydrazine groups is 1. The van der Waals surface area contributed by atoms with Crippen molar-refractivity contribution in [2.75, 3.05) is 19.5 Å². The first-order valence-electron chi connectivity index (χ1n) is 11.1. The minimum absolute atomic E-state index is 0.0857. The fraction of sp³-hybridized carbons (Fsp3) is 0.111. The summed E-state index contributed by atoms with van der Waals surface area (Å²) in [5, 5.41) is 5.15. The van der Waals surface area contributed by atoms with Crippen LogP contribution < -0.4 is 31.0 Å². The van der Waals surface area contributed by atoms with Gasteiger partial charge >= 0.3 is 0 Å². The zero-order chi connectivity index (χ0) is 26.8. The molecule has 4 N–H and O–H groups in total. The maximum Gasteiger partial charge on any atom is 0.269 e. The maximum absolute atomic E-state index is 12.4. The summed E-state index contributed by atoms with van der Waals surface area (Å²) in [7, 11) is 3.06. The highest BCUT2D eigenvalue weighted by Crippen LogP contribution is 2.27. The lowest BCUT2D eigenvalue weighted by molar-refractivity contribution is -0.115. The molecular formula is C27H26N4O5S. The second-order valence-electron chi connectivity index (χ2n) is 7.69. The lowest BCUT2D eigenvalue weighted by Gasteiger charge is -2.11. The number of thiocarbonyl (C=S) groups is 1. The number of aryl methyl sites for hydroxylation is 1. The predicted molar refractivity (Wildman–Crippen MR) is 145 cm³/mol. The molecule has 0 heterocycles. The van der Waals surface area contributed by atoms with Gasteiger partial charge in [0, 0.05) is 22.9 Å². The van der Waals surface area contributed by atoms with E-state index in [1.807, 2.05) is 19.1 Å². The van der Waals surface area contributed by atoms with Crippen molar-refractivity contribution in [3.8, 4) is 11.5 Å². The van der Waals surface area contributed by atoms with Crippen molar-refractivity contribution in [3.05, 3.63) is 95.1 Å². The van der Waals surface area contributed by atoms with E-state index in [1.54, 1.807) is 60.7 Å². The molecule has 3 aromatic rings. The van der Waals surface area contributed by atoms with Gasteiger partial charge in [0.15, 0.2) is 16.6 Å². The Bertz CT molecular complexity index is 1340. The van der Waals surface area contributed by atoms with Gasteiger partial charge < -0.3 is 14.8 Å². The minimum Gasteiger partial charge on any atom is -0.493 e. The molecule has 3 aromatic carbocycles. The highest BCUT2D eigenvalue weighted by Gasteiger charge is 2.11. The van der Waals surface area contributed by atoms with Crippen LogP contribution in [0.5, 0.6) is 11.5 Å². The average molecular weight is 519 g/mol. The van der Waals surface area contributed by atoms with Crippen LogP contribution in [-0.2, 0) is 4.79 Å². The van der Waals surface area contributed by atoms with E-state index in [2.05, 4.69) is 21.5 Å². The first kappa shape index (κ1) is 26.9. The van der Waals surface area contributed by atoms with E-state index in [1.165, 1.54) is 20.3 Å². The molecule has 0 bridgehead atoms. The molecule has 0 aliphatic carbocycles. The largest absolute Gasteiger partial charge is 0.493 e. The van der Waals surface area contributed by atoms with E-state index in [0.29, 0.717) is 28.3 Å². The number of benzene rings is 3. The van der Waals surface area contributed by atoms with Crippen molar-refractivity contribution in [1.82, 2.24) is 16.2 Å². The highest BCUT2D eigenvalue weighted by atomic mass is 32.1. The number of amides is 3. The SMILES string of the molecule is COc1ccc(C=CC(=O)NC(=S)NNC(=O)c2ccc(NC(=O)c3ccccc3C)cc2)cc1OC. The van der Waals surface area contributed by atoms with Gasteiger partial charge in [0.1, 0.15) is 0 Å². The molecule has 0 unspecified atom stereocenters. The summed E-state index contributed by atoms with van der Waals surface area (Å²) >= 11 is 5.05. The van der Waals surface area contributed by atoms with Crippen LogP contribution in [0.2, 0.25) is 0 Å². The normalized spacial score (nSPS) is 10.4. The maximum atomic E-state index is 12.4. The summed E-state index contributed by atoms with van der Waals surface area (Å²) in [5.41, 5.74) is 7.91. The lowest BCUT2D eigenvalue weighted by atomic mass is 10.1. The molecule has 0 fully saturated rings. The van der Waals surface area contributed by atoms with Crippen LogP contribution in [0, 0.1) is 6.92 Å². The second kappa shape index (κ2) is 12.8. The van der Waals surface area contributed by atoms with Crippen LogP contribution in [-0.4, -0.2) is 37.1 Å². The molecule has 0 aliphatic rings. The van der Waals surface area contributed by atoms with E-state index in [9.17, 15) is 14.4 Å². The molecule has 0 saturated carbocycles. The van der Waals surface area contributed by atoms with Crippen LogP contribution in [0.25, 0.3) is 6.08 Å². The molecule has 0 radical (unpaired) electrons. The summed E-state index contributed by atoms with van der Waals surface area (Å²) in [6.07, 6.45) is 2.87. The van der Waals surface area contributed by atoms with E-state index in [4.69, 9.17) is 21.7 Å². The van der Waals surface area contributed by atoms with Gasteiger partial charge in [-0.15, -0.1) is 0 Å². The van der Waals surface area contributed by atoms with Crippen LogP contribution >= 0.6 is 12.2 Å². The van der Waals surface area contributed by atoms with E-state index in [-0.39, 0.29) is 11.0 Å². The third kappa shape index (κ3) is 7.64. The first-order chi connectivity index (χ1) is 17.8. The van der Waals surface area contributed by atoms with E-state index >= 15 is 0 Å². The molecule has 190 valence electrons. The molecule has 9 nitrogen and oxygen atoms in total. The van der Waals surface area contributed by atoms with Gasteiger partial charge in [0.05, 0.1) is 14.2 Å². The number of ether oxygens (including phenoxy) is 2. The molecule has 0 aromatic heterocycles. The van der Waals surface area contributed by atoms with Crippen LogP contribution in [0.3, 0.4) is 0 Å². The van der Waals surface area contributed by atoms with Crippen molar-refractivity contribution in [2.45, 2.75) is 6.92 Å². The fourth-order valence-corrected chi connectivity index (χ4v) is 3.38. The second-order valence-corrected chi connectivity index (χ2v) is 8.10. The number of anilines is 1. The summed E-state index contributed by atoms with van der Waals surface area (Å²) < 4.78 is 10.4.